The van der Waals surface area contributed by atoms with Crippen molar-refractivity contribution < 1.29 is 9.53 Å². The highest BCUT2D eigenvalue weighted by Crippen LogP contribution is 2.28. The molecule has 0 saturated carbocycles. The summed E-state index contributed by atoms with van der Waals surface area (Å²) in [4.78, 5) is 23.2. The zero-order chi connectivity index (χ0) is 18.7. The number of hydrogen-bond acceptors (Lipinski definition) is 6. The Morgan fingerprint density at radius 3 is 2.65 bits per heavy atom. The van der Waals surface area contributed by atoms with Crippen LogP contribution in [-0.2, 0) is 9.53 Å². The molecule has 1 atom stereocenters. The van der Waals surface area contributed by atoms with Gasteiger partial charge in [0, 0.05) is 24.3 Å². The number of carbonyl (C=O) groups excluding carboxylic acids is 1. The molecule has 6 nitrogen and oxygen atoms in total. The predicted molar refractivity (Wildman–Crippen MR) is 103 cm³/mol. The first-order valence-corrected chi connectivity index (χ1v) is 9.12. The van der Waals surface area contributed by atoms with Crippen LogP contribution in [0.15, 0.2) is 24.3 Å². The van der Waals surface area contributed by atoms with Crippen molar-refractivity contribution in [3.63, 3.8) is 0 Å². The number of piperidine rings is 1. The standard InChI is InChI=1S/C20H26N4O2/c1-4-26-20(25)16-6-5-11-24(12-16)17-9-7-15(8-10-17)18-13(2)22-14(3)19(21)23-18/h7-10,16H,4-6,11-12H2,1-3H3,(H2,21,23)/t16-/m1/s1. The Labute approximate surface area is 154 Å². The van der Waals surface area contributed by atoms with Crippen molar-refractivity contribution in [2.75, 3.05) is 30.3 Å². The Hall–Kier alpha value is -2.63. The molecule has 138 valence electrons. The van der Waals surface area contributed by atoms with E-state index >= 15 is 0 Å². The summed E-state index contributed by atoms with van der Waals surface area (Å²) in [6.07, 6.45) is 1.88. The average Bonchev–Trinajstić information content (AvgIpc) is 2.65. The lowest BCUT2D eigenvalue weighted by molar-refractivity contribution is -0.148. The summed E-state index contributed by atoms with van der Waals surface area (Å²) in [5, 5.41) is 0. The summed E-state index contributed by atoms with van der Waals surface area (Å²) >= 11 is 0. The maximum Gasteiger partial charge on any atom is 0.310 e. The Morgan fingerprint density at radius 1 is 1.23 bits per heavy atom. The third-order valence-electron chi connectivity index (χ3n) is 4.83. The average molecular weight is 354 g/mol. The summed E-state index contributed by atoms with van der Waals surface area (Å²) in [5.74, 6) is 0.325. The molecule has 6 heteroatoms. The van der Waals surface area contributed by atoms with Gasteiger partial charge in [0.15, 0.2) is 0 Å². The van der Waals surface area contributed by atoms with Crippen molar-refractivity contribution in [2.24, 2.45) is 5.92 Å². The molecule has 0 aliphatic carbocycles. The van der Waals surface area contributed by atoms with E-state index in [1.165, 1.54) is 0 Å². The van der Waals surface area contributed by atoms with Crippen molar-refractivity contribution in [1.29, 1.82) is 0 Å². The molecule has 1 aromatic carbocycles. The minimum absolute atomic E-state index is 0.0478. The number of anilines is 2. The smallest absolute Gasteiger partial charge is 0.310 e. The van der Waals surface area contributed by atoms with E-state index in [2.05, 4.69) is 27.0 Å². The molecule has 0 bridgehead atoms. The number of carbonyl (C=O) groups is 1. The number of nitrogen functional groups attached to an aromatic ring is 1. The van der Waals surface area contributed by atoms with Crippen LogP contribution in [0.4, 0.5) is 11.5 Å². The first-order chi connectivity index (χ1) is 12.5. The van der Waals surface area contributed by atoms with Crippen LogP contribution < -0.4 is 10.6 Å². The highest BCUT2D eigenvalue weighted by molar-refractivity contribution is 5.74. The SMILES string of the molecule is CCOC(=O)[C@@H]1CCCN(c2ccc(-c3nc(N)c(C)nc3C)cc2)C1. The van der Waals surface area contributed by atoms with Crippen LogP contribution in [0.5, 0.6) is 0 Å². The lowest BCUT2D eigenvalue weighted by Crippen LogP contribution is -2.39. The van der Waals surface area contributed by atoms with Crippen molar-refractivity contribution in [3.8, 4) is 11.3 Å². The van der Waals surface area contributed by atoms with Gasteiger partial charge in [-0.1, -0.05) is 12.1 Å². The Bertz CT molecular complexity index is 789. The number of hydrogen-bond donors (Lipinski definition) is 1. The summed E-state index contributed by atoms with van der Waals surface area (Å²) in [6, 6.07) is 8.21. The third-order valence-corrected chi connectivity index (χ3v) is 4.83. The molecule has 1 aliphatic heterocycles. The first kappa shape index (κ1) is 18.2. The van der Waals surface area contributed by atoms with Gasteiger partial charge in [-0.2, -0.15) is 0 Å². The van der Waals surface area contributed by atoms with E-state index in [9.17, 15) is 4.79 Å². The molecule has 2 aromatic rings. The monoisotopic (exact) mass is 354 g/mol. The van der Waals surface area contributed by atoms with Crippen LogP contribution in [-0.4, -0.2) is 35.6 Å². The van der Waals surface area contributed by atoms with Crippen LogP contribution in [0.3, 0.4) is 0 Å². The van der Waals surface area contributed by atoms with Crippen molar-refractivity contribution >= 4 is 17.5 Å². The van der Waals surface area contributed by atoms with Gasteiger partial charge in [-0.05, 0) is 45.7 Å². The van der Waals surface area contributed by atoms with E-state index in [0.29, 0.717) is 19.0 Å². The van der Waals surface area contributed by atoms with Gasteiger partial charge in [-0.15, -0.1) is 0 Å². The van der Waals surface area contributed by atoms with Gasteiger partial charge in [0.05, 0.1) is 29.6 Å². The van der Waals surface area contributed by atoms with Crippen molar-refractivity contribution in [2.45, 2.75) is 33.6 Å². The second-order valence-corrected chi connectivity index (χ2v) is 6.71. The van der Waals surface area contributed by atoms with E-state index in [1.54, 1.807) is 0 Å². The zero-order valence-corrected chi connectivity index (χ0v) is 15.7. The molecule has 0 unspecified atom stereocenters. The minimum atomic E-state index is -0.0881. The first-order valence-electron chi connectivity index (χ1n) is 9.12. The van der Waals surface area contributed by atoms with Crippen LogP contribution in [0.25, 0.3) is 11.3 Å². The summed E-state index contributed by atoms with van der Waals surface area (Å²) in [5.41, 5.74) is 10.4. The molecule has 0 amide bonds. The van der Waals surface area contributed by atoms with Gasteiger partial charge >= 0.3 is 5.97 Å². The second-order valence-electron chi connectivity index (χ2n) is 6.71. The number of benzene rings is 1. The number of rotatable bonds is 4. The van der Waals surface area contributed by atoms with Gasteiger partial charge in [0.2, 0.25) is 0 Å². The molecular weight excluding hydrogens is 328 g/mol. The zero-order valence-electron chi connectivity index (χ0n) is 15.7. The molecule has 1 aromatic heterocycles. The fraction of sp³-hybridized carbons (Fsp3) is 0.450. The van der Waals surface area contributed by atoms with Gasteiger partial charge < -0.3 is 15.4 Å². The highest BCUT2D eigenvalue weighted by Gasteiger charge is 2.27. The molecule has 3 rings (SSSR count). The van der Waals surface area contributed by atoms with E-state index in [0.717, 1.165) is 47.7 Å². The van der Waals surface area contributed by atoms with Gasteiger partial charge in [-0.25, -0.2) is 4.98 Å². The van der Waals surface area contributed by atoms with Crippen LogP contribution in [0.2, 0.25) is 0 Å². The number of esters is 1. The van der Waals surface area contributed by atoms with Crippen molar-refractivity contribution in [3.05, 3.63) is 35.7 Å². The fourth-order valence-electron chi connectivity index (χ4n) is 3.41. The summed E-state index contributed by atoms with van der Waals surface area (Å²) in [6.45, 7) is 7.74. The number of ether oxygens (including phenoxy) is 1. The molecular formula is C20H26N4O2. The molecule has 26 heavy (non-hydrogen) atoms. The molecule has 1 aliphatic rings. The van der Waals surface area contributed by atoms with Crippen LogP contribution in [0, 0.1) is 19.8 Å². The highest BCUT2D eigenvalue weighted by atomic mass is 16.5. The quantitative estimate of drug-likeness (QED) is 0.850. The predicted octanol–water partition coefficient (Wildman–Crippen LogP) is 3.12. The van der Waals surface area contributed by atoms with Crippen LogP contribution >= 0.6 is 0 Å². The molecule has 2 heterocycles. The molecule has 0 spiro atoms. The van der Waals surface area contributed by atoms with E-state index in [4.69, 9.17) is 10.5 Å². The lowest BCUT2D eigenvalue weighted by atomic mass is 9.97. The maximum atomic E-state index is 12.0. The molecule has 2 N–H and O–H groups in total. The normalized spacial score (nSPS) is 17.2. The van der Waals surface area contributed by atoms with Gasteiger partial charge in [0.1, 0.15) is 5.82 Å². The molecule has 0 radical (unpaired) electrons. The second kappa shape index (κ2) is 7.72. The maximum absolute atomic E-state index is 12.0. The number of aryl methyl sites for hydroxylation is 2. The third kappa shape index (κ3) is 3.79. The Kier molecular flexibility index (Phi) is 5.40. The molecule has 1 saturated heterocycles. The number of nitrogens with two attached hydrogens (primary N) is 1. The lowest BCUT2D eigenvalue weighted by Gasteiger charge is -2.33. The summed E-state index contributed by atoms with van der Waals surface area (Å²) in [7, 11) is 0. The summed E-state index contributed by atoms with van der Waals surface area (Å²) < 4.78 is 5.18. The van der Waals surface area contributed by atoms with Gasteiger partial charge in [-0.3, -0.25) is 9.78 Å². The minimum Gasteiger partial charge on any atom is -0.466 e. The van der Waals surface area contributed by atoms with Crippen molar-refractivity contribution in [1.82, 2.24) is 9.97 Å². The fourth-order valence-corrected chi connectivity index (χ4v) is 3.41. The topological polar surface area (TPSA) is 81.3 Å². The van der Waals surface area contributed by atoms with Gasteiger partial charge in [0.25, 0.3) is 0 Å². The van der Waals surface area contributed by atoms with Crippen LogP contribution in [0.1, 0.15) is 31.2 Å². The van der Waals surface area contributed by atoms with E-state index < -0.39 is 0 Å². The largest absolute Gasteiger partial charge is 0.466 e. The number of aromatic nitrogens is 2. The number of nitrogens with zero attached hydrogens (tertiary/aromatic N) is 3. The van der Waals surface area contributed by atoms with E-state index in [-0.39, 0.29) is 11.9 Å². The van der Waals surface area contributed by atoms with E-state index in [1.807, 2.05) is 32.9 Å². The molecule has 1 fully saturated rings. The Morgan fingerprint density at radius 2 is 1.96 bits per heavy atom. The Balaban J connectivity index is 1.77.